The topological polar surface area (TPSA) is 124 Å². The summed E-state index contributed by atoms with van der Waals surface area (Å²) in [5, 5.41) is 30.3. The van der Waals surface area contributed by atoms with Crippen LogP contribution in [0.15, 0.2) is 23.9 Å². The van der Waals surface area contributed by atoms with E-state index in [-0.39, 0.29) is 31.0 Å². The third-order valence-corrected chi connectivity index (χ3v) is 7.96. The minimum Gasteiger partial charge on any atom is -0.481 e. The number of rotatable bonds is 14. The molecule has 0 radical (unpaired) electrons. The molecule has 0 aromatic rings. The lowest BCUT2D eigenvalue weighted by Crippen LogP contribution is -2.61. The van der Waals surface area contributed by atoms with Crippen LogP contribution >= 0.6 is 0 Å². The molecular formula is C27H41NO7. The molecule has 2 heterocycles. The van der Waals surface area contributed by atoms with E-state index in [1.807, 2.05) is 7.05 Å². The number of aliphatic carboxylic acids is 1. The van der Waals surface area contributed by atoms with Crippen molar-refractivity contribution >= 4 is 17.5 Å². The smallest absolute Gasteiger partial charge is 0.303 e. The second kappa shape index (κ2) is 11.8. The van der Waals surface area contributed by atoms with Gasteiger partial charge in [-0.25, -0.2) is 0 Å². The van der Waals surface area contributed by atoms with Crippen LogP contribution < -0.4 is 0 Å². The molecule has 3 N–H and O–H groups in total. The molecule has 0 amide bonds. The summed E-state index contributed by atoms with van der Waals surface area (Å²) in [4.78, 5) is 38.4. The minimum absolute atomic E-state index is 0.0429. The lowest BCUT2D eigenvalue weighted by atomic mass is 9.59. The first-order chi connectivity index (χ1) is 16.6. The summed E-state index contributed by atoms with van der Waals surface area (Å²) in [7, 11) is 1.96. The first-order valence-corrected chi connectivity index (χ1v) is 13.1. The van der Waals surface area contributed by atoms with Crippen LogP contribution in [0.2, 0.25) is 0 Å². The molecule has 5 atom stereocenters. The van der Waals surface area contributed by atoms with Crippen LogP contribution in [0.1, 0.15) is 84.0 Å². The number of aliphatic hydroxyl groups is 2. The average Bonchev–Trinajstić information content (AvgIpc) is 3.10. The summed E-state index contributed by atoms with van der Waals surface area (Å²) in [5.41, 5.74) is 0.492. The summed E-state index contributed by atoms with van der Waals surface area (Å²) in [6.07, 6.45) is 10.8. The third-order valence-electron chi connectivity index (χ3n) is 7.96. The van der Waals surface area contributed by atoms with Crippen molar-refractivity contribution in [2.75, 3.05) is 13.6 Å². The predicted molar refractivity (Wildman–Crippen MR) is 130 cm³/mol. The van der Waals surface area contributed by atoms with Gasteiger partial charge >= 0.3 is 5.97 Å². The van der Waals surface area contributed by atoms with Gasteiger partial charge in [-0.1, -0.05) is 44.8 Å². The fraction of sp³-hybridized carbons (Fsp3) is 0.741. The molecule has 35 heavy (non-hydrogen) atoms. The Morgan fingerprint density at radius 1 is 1.23 bits per heavy atom. The molecule has 3 rings (SSSR count). The number of hydrogen-bond donors (Lipinski definition) is 3. The van der Waals surface area contributed by atoms with Gasteiger partial charge in [-0.15, -0.1) is 0 Å². The maximum atomic E-state index is 13.0. The van der Waals surface area contributed by atoms with Gasteiger partial charge in [0.1, 0.15) is 6.10 Å². The molecule has 8 heteroatoms. The highest BCUT2D eigenvalue weighted by atomic mass is 16.6. The number of carbonyl (C=O) groups is 3. The SMILES string of the molecule is CC/C=C\C[C@H]1[C@H](CC(=O)[C@H](O)CCCCCCCC(=O)O)O[C@@]2(O)CC13CCN(C)C3=CC2=O. The van der Waals surface area contributed by atoms with E-state index in [0.29, 0.717) is 25.7 Å². The fourth-order valence-corrected chi connectivity index (χ4v) is 6.09. The van der Waals surface area contributed by atoms with Gasteiger partial charge in [0.2, 0.25) is 11.6 Å². The highest BCUT2D eigenvalue weighted by Crippen LogP contribution is 2.59. The Balaban J connectivity index is 1.65. The van der Waals surface area contributed by atoms with E-state index in [0.717, 1.165) is 44.3 Å². The monoisotopic (exact) mass is 491 g/mol. The van der Waals surface area contributed by atoms with Gasteiger partial charge in [-0.05, 0) is 32.1 Å². The number of carboxylic acid groups (broad SMARTS) is 1. The lowest BCUT2D eigenvalue weighted by molar-refractivity contribution is -0.278. The van der Waals surface area contributed by atoms with E-state index < -0.39 is 35.2 Å². The van der Waals surface area contributed by atoms with Crippen LogP contribution in [0.25, 0.3) is 0 Å². The van der Waals surface area contributed by atoms with Gasteiger partial charge in [-0.2, -0.15) is 0 Å². The number of unbranched alkanes of at least 4 members (excludes halogenated alkanes) is 4. The molecule has 0 saturated carbocycles. The van der Waals surface area contributed by atoms with Crippen molar-refractivity contribution in [1.82, 2.24) is 4.90 Å². The predicted octanol–water partition coefficient (Wildman–Crippen LogP) is 3.36. The average molecular weight is 492 g/mol. The van der Waals surface area contributed by atoms with E-state index in [2.05, 4.69) is 24.0 Å². The van der Waals surface area contributed by atoms with Crippen LogP contribution in [0, 0.1) is 11.3 Å². The number of fused-ring (bicyclic) bond motifs is 1. The molecule has 0 aromatic carbocycles. The van der Waals surface area contributed by atoms with Gasteiger partial charge < -0.3 is 25.0 Å². The van der Waals surface area contributed by atoms with E-state index >= 15 is 0 Å². The Kier molecular flexibility index (Phi) is 9.29. The van der Waals surface area contributed by atoms with E-state index in [1.165, 1.54) is 6.08 Å². The zero-order valence-electron chi connectivity index (χ0n) is 21.1. The molecule has 2 aliphatic heterocycles. The summed E-state index contributed by atoms with van der Waals surface area (Å²) in [5.74, 6) is -3.59. The molecule has 2 saturated heterocycles. The number of ether oxygens (including phenoxy) is 1. The molecule has 8 nitrogen and oxygen atoms in total. The number of likely N-dealkylation sites (tertiary alicyclic amines) is 1. The van der Waals surface area contributed by atoms with Crippen molar-refractivity contribution in [1.29, 1.82) is 0 Å². The van der Waals surface area contributed by atoms with Gasteiger partial charge in [0.15, 0.2) is 5.78 Å². The standard InChI is InChI=1S/C27H41NO7/c1-3-4-8-11-19-22(16-21(30)20(29)12-9-6-5-7-10-13-25(32)33)35-27(34)18-26(19)14-15-28(2)23(26)17-24(27)31/h4,8,17,19-20,22,29,34H,3,5-7,9-16,18H2,1-2H3,(H,32,33)/b8-4-/t19-,20+,22-,26?,27-/m0/s1. The molecule has 1 aliphatic carbocycles. The summed E-state index contributed by atoms with van der Waals surface area (Å²) in [6, 6.07) is 0. The zero-order chi connectivity index (χ0) is 25.6. The zero-order valence-corrected chi connectivity index (χ0v) is 21.1. The van der Waals surface area contributed by atoms with Crippen LogP contribution in [-0.4, -0.2) is 69.3 Å². The fourth-order valence-electron chi connectivity index (χ4n) is 6.09. The first kappa shape index (κ1) is 27.6. The summed E-state index contributed by atoms with van der Waals surface area (Å²) < 4.78 is 5.98. The Morgan fingerprint density at radius 2 is 1.94 bits per heavy atom. The number of Topliss-reactive ketones (excluding diaryl/α,β-unsaturated/α-hetero) is 1. The van der Waals surface area contributed by atoms with Crippen molar-refractivity contribution in [3.63, 3.8) is 0 Å². The number of nitrogens with zero attached hydrogens (tertiary/aromatic N) is 1. The van der Waals surface area contributed by atoms with Crippen LogP contribution in [0.3, 0.4) is 0 Å². The Morgan fingerprint density at radius 3 is 2.66 bits per heavy atom. The van der Waals surface area contributed by atoms with Crippen LogP contribution in [0.4, 0.5) is 0 Å². The summed E-state index contributed by atoms with van der Waals surface area (Å²) in [6.45, 7) is 2.83. The molecular weight excluding hydrogens is 450 g/mol. The van der Waals surface area contributed by atoms with Gasteiger partial charge in [0, 0.05) is 56.0 Å². The van der Waals surface area contributed by atoms with Crippen molar-refractivity contribution in [3.8, 4) is 0 Å². The largest absolute Gasteiger partial charge is 0.481 e. The second-order valence-corrected chi connectivity index (χ2v) is 10.4. The van der Waals surface area contributed by atoms with Crippen molar-refractivity contribution in [2.45, 2.75) is 102 Å². The Hall–Kier alpha value is -2.03. The molecule has 3 aliphatic rings. The number of allylic oxidation sites excluding steroid dienone is 3. The highest BCUT2D eigenvalue weighted by molar-refractivity contribution is 5.98. The van der Waals surface area contributed by atoms with E-state index in [1.54, 1.807) is 0 Å². The van der Waals surface area contributed by atoms with E-state index in [4.69, 9.17) is 9.84 Å². The lowest BCUT2D eigenvalue weighted by Gasteiger charge is -2.54. The van der Waals surface area contributed by atoms with Gasteiger partial charge in [0.05, 0.1) is 6.10 Å². The molecule has 2 bridgehead atoms. The molecule has 196 valence electrons. The van der Waals surface area contributed by atoms with E-state index in [9.17, 15) is 24.6 Å². The number of aliphatic hydroxyl groups excluding tert-OH is 1. The van der Waals surface area contributed by atoms with Crippen LogP contribution in [-0.2, 0) is 19.1 Å². The van der Waals surface area contributed by atoms with Gasteiger partial charge in [-0.3, -0.25) is 14.4 Å². The Bertz CT molecular complexity index is 852. The number of carbonyl (C=O) groups excluding carboxylic acids is 2. The van der Waals surface area contributed by atoms with Gasteiger partial charge in [0.25, 0.3) is 0 Å². The minimum atomic E-state index is -1.93. The van der Waals surface area contributed by atoms with Crippen molar-refractivity contribution in [3.05, 3.63) is 23.9 Å². The summed E-state index contributed by atoms with van der Waals surface area (Å²) >= 11 is 0. The first-order valence-electron chi connectivity index (χ1n) is 13.1. The quantitative estimate of drug-likeness (QED) is 0.250. The number of ketones is 2. The molecule has 2 fully saturated rings. The molecule has 1 unspecified atom stereocenters. The molecule has 1 spiro atoms. The normalized spacial score (nSPS) is 30.9. The van der Waals surface area contributed by atoms with Crippen molar-refractivity contribution < 1.29 is 34.4 Å². The number of carboxylic acids is 1. The maximum absolute atomic E-state index is 13.0. The van der Waals surface area contributed by atoms with Crippen LogP contribution in [0.5, 0.6) is 0 Å². The second-order valence-electron chi connectivity index (χ2n) is 10.4. The van der Waals surface area contributed by atoms with Crippen molar-refractivity contribution in [2.24, 2.45) is 11.3 Å². The molecule has 0 aromatic heterocycles. The highest BCUT2D eigenvalue weighted by Gasteiger charge is 2.63. The number of hydrogen-bond acceptors (Lipinski definition) is 7. The maximum Gasteiger partial charge on any atom is 0.303 e. The Labute approximate surface area is 208 Å². The third kappa shape index (κ3) is 6.22.